The molecule has 0 bridgehead atoms. The number of allylic oxidation sites excluding steroid dienone is 1. The van der Waals surface area contributed by atoms with Crippen molar-refractivity contribution >= 4 is 8.80 Å². The van der Waals surface area contributed by atoms with E-state index in [1.165, 1.54) is 61.5 Å². The van der Waals surface area contributed by atoms with Crippen LogP contribution in [-0.2, 0) is 0 Å². The van der Waals surface area contributed by atoms with Crippen molar-refractivity contribution in [3.8, 4) is 11.1 Å². The topological polar surface area (TPSA) is 0 Å². The van der Waals surface area contributed by atoms with Crippen LogP contribution < -0.4 is 0 Å². The van der Waals surface area contributed by atoms with Gasteiger partial charge in [-0.05, 0) is 54.0 Å². The Morgan fingerprint density at radius 3 is 2.28 bits per heavy atom. The zero-order valence-electron chi connectivity index (χ0n) is 14.7. The molecule has 1 fully saturated rings. The van der Waals surface area contributed by atoms with Crippen LogP contribution in [0.25, 0.3) is 11.1 Å². The second-order valence-corrected chi connectivity index (χ2v) is 10.7. The third kappa shape index (κ3) is 4.66. The number of benzene rings is 2. The Morgan fingerprint density at radius 2 is 1.64 bits per heavy atom. The van der Waals surface area contributed by atoms with Crippen LogP contribution in [0, 0.1) is 11.6 Å². The molecule has 3 heteroatoms. The fourth-order valence-electron chi connectivity index (χ4n) is 3.96. The molecule has 0 N–H and O–H groups in total. The molecule has 2 aromatic rings. The highest BCUT2D eigenvalue weighted by Crippen LogP contribution is 2.36. The van der Waals surface area contributed by atoms with Gasteiger partial charge in [0.05, 0.1) is 0 Å². The van der Waals surface area contributed by atoms with E-state index >= 15 is 0 Å². The summed E-state index contributed by atoms with van der Waals surface area (Å²) in [6.45, 7) is 3.81. The van der Waals surface area contributed by atoms with E-state index in [0.29, 0.717) is 5.92 Å². The van der Waals surface area contributed by atoms with Crippen LogP contribution in [0.5, 0.6) is 0 Å². The van der Waals surface area contributed by atoms with Gasteiger partial charge in [-0.1, -0.05) is 61.0 Å². The number of hydrogen-bond donors (Lipinski definition) is 0. The van der Waals surface area contributed by atoms with Crippen LogP contribution in [0.1, 0.15) is 37.2 Å². The van der Waals surface area contributed by atoms with Crippen molar-refractivity contribution in [1.29, 1.82) is 0 Å². The minimum absolute atomic E-state index is 0.514. The molecule has 1 saturated heterocycles. The number of rotatable bonds is 6. The van der Waals surface area contributed by atoms with Crippen LogP contribution in [0.3, 0.4) is 0 Å². The third-order valence-electron chi connectivity index (χ3n) is 5.50. The van der Waals surface area contributed by atoms with Crippen LogP contribution in [0.15, 0.2) is 55.1 Å². The lowest BCUT2D eigenvalue weighted by atomic mass is 9.92. The van der Waals surface area contributed by atoms with Crippen LogP contribution in [0.4, 0.5) is 8.78 Å². The maximum Gasteiger partial charge on any atom is 0.159 e. The maximum atomic E-state index is 13.4. The molecule has 1 aliphatic heterocycles. The summed E-state index contributed by atoms with van der Waals surface area (Å²) >= 11 is 0. The monoisotopic (exact) mass is 356 g/mol. The fourth-order valence-corrected chi connectivity index (χ4v) is 7.39. The third-order valence-corrected chi connectivity index (χ3v) is 9.03. The summed E-state index contributed by atoms with van der Waals surface area (Å²) in [5.41, 5.74) is 3.06. The summed E-state index contributed by atoms with van der Waals surface area (Å²) in [6.07, 6.45) is 7.16. The lowest BCUT2D eigenvalue weighted by Crippen LogP contribution is -2.20. The van der Waals surface area contributed by atoms with Gasteiger partial charge in [-0.3, -0.25) is 0 Å². The second-order valence-electron chi connectivity index (χ2n) is 7.19. The molecule has 3 rings (SSSR count). The van der Waals surface area contributed by atoms with Gasteiger partial charge >= 0.3 is 0 Å². The zero-order chi connectivity index (χ0) is 17.6. The van der Waals surface area contributed by atoms with E-state index in [1.54, 1.807) is 6.07 Å². The number of halogens is 2. The molecule has 0 atom stereocenters. The molecule has 25 heavy (non-hydrogen) atoms. The Kier molecular flexibility index (Phi) is 6.19. The number of unbranched alkanes of at least 4 members (excludes halogenated alkanes) is 1. The Labute approximate surface area is 151 Å². The molecule has 2 aromatic carbocycles. The lowest BCUT2D eigenvalue weighted by molar-refractivity contribution is 0.509. The Morgan fingerprint density at radius 1 is 0.960 bits per heavy atom. The summed E-state index contributed by atoms with van der Waals surface area (Å²) in [5.74, 6) is -0.919. The van der Waals surface area contributed by atoms with E-state index in [9.17, 15) is 8.78 Å². The Bertz CT molecular complexity index is 700. The van der Waals surface area contributed by atoms with E-state index in [2.05, 4.69) is 18.7 Å². The average Bonchev–Trinajstić information content (AvgIpc) is 2.65. The Balaban J connectivity index is 1.59. The van der Waals surface area contributed by atoms with Crippen molar-refractivity contribution in [3.63, 3.8) is 0 Å². The van der Waals surface area contributed by atoms with Crippen molar-refractivity contribution in [2.75, 3.05) is 0 Å². The highest BCUT2D eigenvalue weighted by Gasteiger charge is 2.22. The molecular formula is C22H26F2Si. The minimum Gasteiger partial charge on any atom is -0.204 e. The molecule has 0 nitrogen and oxygen atoms in total. The molecule has 132 valence electrons. The van der Waals surface area contributed by atoms with Crippen molar-refractivity contribution in [3.05, 3.63) is 72.3 Å². The minimum atomic E-state index is -0.797. The van der Waals surface area contributed by atoms with E-state index in [0.717, 1.165) is 11.1 Å². The van der Waals surface area contributed by atoms with Gasteiger partial charge in [0.1, 0.15) is 0 Å². The molecule has 1 heterocycles. The van der Waals surface area contributed by atoms with Crippen molar-refractivity contribution in [2.24, 2.45) is 0 Å². The fraction of sp³-hybridized carbons (Fsp3) is 0.364. The summed E-state index contributed by atoms with van der Waals surface area (Å²) in [7, 11) is -0.514. The van der Waals surface area contributed by atoms with Crippen molar-refractivity contribution in [1.82, 2.24) is 0 Å². The van der Waals surface area contributed by atoms with E-state index in [1.807, 2.05) is 18.2 Å². The first-order valence-electron chi connectivity index (χ1n) is 9.33. The smallest absolute Gasteiger partial charge is 0.159 e. The van der Waals surface area contributed by atoms with E-state index in [-0.39, 0.29) is 0 Å². The summed E-state index contributed by atoms with van der Waals surface area (Å²) in [6, 6.07) is 16.9. The molecular weight excluding hydrogens is 330 g/mol. The van der Waals surface area contributed by atoms with Crippen molar-refractivity contribution < 1.29 is 8.78 Å². The average molecular weight is 357 g/mol. The highest BCUT2D eigenvalue weighted by atomic mass is 28.3. The van der Waals surface area contributed by atoms with Gasteiger partial charge in [-0.2, -0.15) is 0 Å². The number of hydrogen-bond acceptors (Lipinski definition) is 0. The van der Waals surface area contributed by atoms with E-state index < -0.39 is 20.4 Å². The molecule has 0 radical (unpaired) electrons. The quantitative estimate of drug-likeness (QED) is 0.307. The first-order chi connectivity index (χ1) is 12.2. The van der Waals surface area contributed by atoms with Crippen LogP contribution in [0.2, 0.25) is 18.1 Å². The SMILES string of the molecule is C=CCCC[Si@H]1CC[C@H](c2ccc(-c3ccc(F)c(F)c3)cc2)CC1. The molecule has 0 aromatic heterocycles. The van der Waals surface area contributed by atoms with Gasteiger partial charge in [0.25, 0.3) is 0 Å². The van der Waals surface area contributed by atoms with Crippen molar-refractivity contribution in [2.45, 2.75) is 49.7 Å². The molecule has 1 aliphatic rings. The molecule has 0 spiro atoms. The van der Waals surface area contributed by atoms with Gasteiger partial charge in [-0.25, -0.2) is 8.78 Å². The predicted molar refractivity (Wildman–Crippen MR) is 105 cm³/mol. The Hall–Kier alpha value is -1.74. The normalized spacial score (nSPS) is 20.4. The van der Waals surface area contributed by atoms with Gasteiger partial charge in [-0.15, -0.1) is 6.58 Å². The van der Waals surface area contributed by atoms with Gasteiger partial charge < -0.3 is 0 Å². The van der Waals surface area contributed by atoms with Crippen LogP contribution >= 0.6 is 0 Å². The standard InChI is InChI=1S/C22H26F2Si/c1-2-3-4-13-25-14-11-19(12-15-25)17-5-7-18(8-6-17)20-9-10-21(23)22(24)16-20/h2,5-10,16,19,25H,1,3-4,11-15H2/t19-,25-. The first kappa shape index (κ1) is 18.1. The van der Waals surface area contributed by atoms with Gasteiger partial charge in [0, 0.05) is 8.80 Å². The molecule has 0 unspecified atom stereocenters. The first-order valence-corrected chi connectivity index (χ1v) is 11.8. The summed E-state index contributed by atoms with van der Waals surface area (Å²) in [4.78, 5) is 0. The second kappa shape index (κ2) is 8.57. The summed E-state index contributed by atoms with van der Waals surface area (Å²) < 4.78 is 26.5. The van der Waals surface area contributed by atoms with Gasteiger partial charge in [0.15, 0.2) is 11.6 Å². The highest BCUT2D eigenvalue weighted by molar-refractivity contribution is 6.59. The van der Waals surface area contributed by atoms with Gasteiger partial charge in [0.2, 0.25) is 0 Å². The van der Waals surface area contributed by atoms with E-state index in [4.69, 9.17) is 0 Å². The molecule has 0 amide bonds. The maximum absolute atomic E-state index is 13.4. The molecule has 0 saturated carbocycles. The predicted octanol–water partition coefficient (Wildman–Crippen LogP) is 6.70. The van der Waals surface area contributed by atoms with Crippen LogP contribution in [-0.4, -0.2) is 8.80 Å². The summed E-state index contributed by atoms with van der Waals surface area (Å²) in [5, 5.41) is 0. The lowest BCUT2D eigenvalue weighted by Gasteiger charge is -2.28. The zero-order valence-corrected chi connectivity index (χ0v) is 15.8. The molecule has 0 aliphatic carbocycles. The largest absolute Gasteiger partial charge is 0.204 e.